The fraction of sp³-hybridized carbons (Fsp3) is 0.556. The first-order valence-electron chi connectivity index (χ1n) is 11.3. The highest BCUT2D eigenvalue weighted by molar-refractivity contribution is 5.49. The van der Waals surface area contributed by atoms with Gasteiger partial charge in [-0.1, -0.05) is 70.5 Å². The number of benzene rings is 2. The molecule has 0 amide bonds. The van der Waals surface area contributed by atoms with Gasteiger partial charge in [0, 0.05) is 6.61 Å². The van der Waals surface area contributed by atoms with Crippen LogP contribution >= 0.6 is 0 Å². The van der Waals surface area contributed by atoms with Crippen LogP contribution in [-0.2, 0) is 18.4 Å². The van der Waals surface area contributed by atoms with Crippen molar-refractivity contribution in [1.82, 2.24) is 0 Å². The highest BCUT2D eigenvalue weighted by Gasteiger charge is 2.51. The van der Waals surface area contributed by atoms with E-state index in [-0.39, 0.29) is 10.8 Å². The van der Waals surface area contributed by atoms with Crippen molar-refractivity contribution in [3.05, 3.63) is 64.7 Å². The van der Waals surface area contributed by atoms with E-state index in [4.69, 9.17) is 4.74 Å². The maximum atomic E-state index is 10.2. The predicted molar refractivity (Wildman–Crippen MR) is 120 cm³/mol. The third-order valence-electron chi connectivity index (χ3n) is 7.83. The van der Waals surface area contributed by atoms with Crippen LogP contribution in [0.25, 0.3) is 0 Å². The maximum Gasteiger partial charge on any atom is 0.123 e. The molecule has 2 aromatic rings. The van der Waals surface area contributed by atoms with Gasteiger partial charge in [0.2, 0.25) is 0 Å². The van der Waals surface area contributed by atoms with Gasteiger partial charge in [-0.25, -0.2) is 0 Å². The molecule has 1 N–H and O–H groups in total. The molecule has 1 saturated carbocycles. The first-order valence-corrected chi connectivity index (χ1v) is 11.3. The molecule has 0 aromatic heterocycles. The Labute approximate surface area is 176 Å². The van der Waals surface area contributed by atoms with Gasteiger partial charge in [0.1, 0.15) is 12.4 Å². The van der Waals surface area contributed by atoms with Crippen LogP contribution in [0.15, 0.2) is 42.5 Å². The van der Waals surface area contributed by atoms with Gasteiger partial charge < -0.3 is 9.84 Å². The second kappa shape index (κ2) is 7.80. The molecule has 29 heavy (non-hydrogen) atoms. The maximum absolute atomic E-state index is 10.2. The average Bonchev–Trinajstić information content (AvgIpc) is 2.72. The van der Waals surface area contributed by atoms with Crippen LogP contribution in [0.1, 0.15) is 81.5 Å². The lowest BCUT2D eigenvalue weighted by Gasteiger charge is -2.55. The average molecular weight is 393 g/mol. The van der Waals surface area contributed by atoms with Crippen LogP contribution in [0.4, 0.5) is 0 Å². The lowest BCUT2D eigenvalue weighted by molar-refractivity contribution is -0.0180. The molecule has 0 spiro atoms. The molecule has 2 aliphatic rings. The molecule has 1 fully saturated rings. The number of aliphatic hydroxyl groups excluding tert-OH is 1. The van der Waals surface area contributed by atoms with Crippen molar-refractivity contribution in [2.75, 3.05) is 6.61 Å². The summed E-state index contributed by atoms with van der Waals surface area (Å²) in [5.74, 6) is 2.01. The number of fused-ring (bicyclic) bond motifs is 3. The van der Waals surface area contributed by atoms with Crippen LogP contribution in [0.3, 0.4) is 0 Å². The SMILES string of the molecule is CC(C)c1cc2c(cc1OCc1ccccc1)[C@@]1(C)CCC[C@@](C)(CO)C1CC2. The Bertz CT molecular complexity index is 856. The third-order valence-corrected chi connectivity index (χ3v) is 7.83. The number of aliphatic hydroxyl groups is 1. The Kier molecular flexibility index (Phi) is 5.50. The van der Waals surface area contributed by atoms with Crippen LogP contribution in [0.2, 0.25) is 0 Å². The molecular formula is C27H36O2. The molecule has 0 heterocycles. The number of rotatable bonds is 5. The van der Waals surface area contributed by atoms with E-state index in [2.05, 4.69) is 64.1 Å². The number of hydrogen-bond donors (Lipinski definition) is 1. The lowest BCUT2D eigenvalue weighted by atomic mass is 9.50. The second-order valence-electron chi connectivity index (χ2n) is 10.2. The quantitative estimate of drug-likeness (QED) is 0.639. The van der Waals surface area contributed by atoms with E-state index in [1.54, 1.807) is 0 Å². The lowest BCUT2D eigenvalue weighted by Crippen LogP contribution is -2.50. The van der Waals surface area contributed by atoms with E-state index >= 15 is 0 Å². The Morgan fingerprint density at radius 2 is 1.86 bits per heavy atom. The normalized spacial score (nSPS) is 28.7. The van der Waals surface area contributed by atoms with Gasteiger partial charge in [-0.3, -0.25) is 0 Å². The second-order valence-corrected chi connectivity index (χ2v) is 10.2. The molecule has 1 unspecified atom stereocenters. The van der Waals surface area contributed by atoms with Crippen molar-refractivity contribution in [2.24, 2.45) is 11.3 Å². The molecule has 2 heteroatoms. The van der Waals surface area contributed by atoms with Crippen LogP contribution < -0.4 is 4.74 Å². The summed E-state index contributed by atoms with van der Waals surface area (Å²) in [7, 11) is 0. The van der Waals surface area contributed by atoms with E-state index in [0.29, 0.717) is 25.0 Å². The fourth-order valence-electron chi connectivity index (χ4n) is 6.15. The van der Waals surface area contributed by atoms with Gasteiger partial charge in [-0.15, -0.1) is 0 Å². The zero-order valence-corrected chi connectivity index (χ0v) is 18.5. The van der Waals surface area contributed by atoms with Crippen molar-refractivity contribution in [3.8, 4) is 5.75 Å². The zero-order chi connectivity index (χ0) is 20.6. The first-order chi connectivity index (χ1) is 13.9. The summed E-state index contributed by atoms with van der Waals surface area (Å²) in [4.78, 5) is 0. The molecule has 2 aromatic carbocycles. The van der Waals surface area contributed by atoms with Gasteiger partial charge in [-0.2, -0.15) is 0 Å². The monoisotopic (exact) mass is 392 g/mol. The Hall–Kier alpha value is -1.80. The summed E-state index contributed by atoms with van der Waals surface area (Å²) in [6.07, 6.45) is 5.84. The summed E-state index contributed by atoms with van der Waals surface area (Å²) >= 11 is 0. The Morgan fingerprint density at radius 3 is 2.55 bits per heavy atom. The summed E-state index contributed by atoms with van der Waals surface area (Å²) in [6, 6.07) is 15.2. The first kappa shape index (κ1) is 20.5. The van der Waals surface area contributed by atoms with Crippen molar-refractivity contribution < 1.29 is 9.84 Å². The molecular weight excluding hydrogens is 356 g/mol. The summed E-state index contributed by atoms with van der Waals surface area (Å²) in [5, 5.41) is 10.2. The van der Waals surface area contributed by atoms with Crippen LogP contribution in [-0.4, -0.2) is 11.7 Å². The van der Waals surface area contributed by atoms with Gasteiger partial charge in [0.25, 0.3) is 0 Å². The number of aryl methyl sites for hydroxylation is 1. The third kappa shape index (κ3) is 3.61. The predicted octanol–water partition coefficient (Wildman–Crippen LogP) is 6.39. The van der Waals surface area contributed by atoms with Gasteiger partial charge in [-0.05, 0) is 76.7 Å². The minimum Gasteiger partial charge on any atom is -0.489 e. The molecule has 0 aliphatic heterocycles. The van der Waals surface area contributed by atoms with E-state index in [1.807, 2.05) is 6.07 Å². The summed E-state index contributed by atoms with van der Waals surface area (Å²) < 4.78 is 6.40. The molecule has 0 radical (unpaired) electrons. The molecule has 0 bridgehead atoms. The number of ether oxygens (including phenoxy) is 1. The minimum atomic E-state index is 0.0342. The highest BCUT2D eigenvalue weighted by atomic mass is 16.5. The van der Waals surface area contributed by atoms with Crippen molar-refractivity contribution in [2.45, 2.75) is 77.7 Å². The van der Waals surface area contributed by atoms with Gasteiger partial charge >= 0.3 is 0 Å². The van der Waals surface area contributed by atoms with E-state index in [9.17, 15) is 5.11 Å². The van der Waals surface area contributed by atoms with Crippen molar-refractivity contribution in [3.63, 3.8) is 0 Å². The Morgan fingerprint density at radius 1 is 1.10 bits per heavy atom. The summed E-state index contributed by atoms with van der Waals surface area (Å²) in [6.45, 7) is 10.2. The molecule has 3 atom stereocenters. The van der Waals surface area contributed by atoms with Crippen molar-refractivity contribution >= 4 is 0 Å². The van der Waals surface area contributed by atoms with Gasteiger partial charge in [0.05, 0.1) is 0 Å². The smallest absolute Gasteiger partial charge is 0.123 e. The molecule has 0 saturated heterocycles. The molecule has 4 rings (SSSR count). The van der Waals surface area contributed by atoms with E-state index < -0.39 is 0 Å². The molecule has 2 aliphatic carbocycles. The van der Waals surface area contributed by atoms with Crippen LogP contribution in [0.5, 0.6) is 5.75 Å². The Balaban J connectivity index is 1.73. The van der Waals surface area contributed by atoms with Gasteiger partial charge in [0.15, 0.2) is 0 Å². The minimum absolute atomic E-state index is 0.0342. The van der Waals surface area contributed by atoms with E-state index in [1.165, 1.54) is 41.5 Å². The van der Waals surface area contributed by atoms with Crippen molar-refractivity contribution in [1.29, 1.82) is 0 Å². The largest absolute Gasteiger partial charge is 0.489 e. The zero-order valence-electron chi connectivity index (χ0n) is 18.5. The molecule has 156 valence electrons. The topological polar surface area (TPSA) is 29.5 Å². The fourth-order valence-corrected chi connectivity index (χ4v) is 6.15. The standard InChI is InChI=1S/C27H36O2/c1-19(2)22-15-21-11-12-25-26(3,18-28)13-8-14-27(25,4)23(21)16-24(22)29-17-20-9-6-5-7-10-20/h5-7,9-10,15-16,19,25,28H,8,11-14,17-18H2,1-4H3/t25?,26-,27+/m0/s1. The van der Waals surface area contributed by atoms with E-state index in [0.717, 1.165) is 18.6 Å². The molecule has 2 nitrogen and oxygen atoms in total. The summed E-state index contributed by atoms with van der Waals surface area (Å²) in [5.41, 5.74) is 5.66. The van der Waals surface area contributed by atoms with Crippen LogP contribution in [0, 0.1) is 11.3 Å². The number of hydrogen-bond acceptors (Lipinski definition) is 2. The highest BCUT2D eigenvalue weighted by Crippen LogP contribution is 2.57.